The van der Waals surface area contributed by atoms with E-state index >= 15 is 0 Å². The molecule has 0 bridgehead atoms. The summed E-state index contributed by atoms with van der Waals surface area (Å²) in [5, 5.41) is 4.49. The second-order valence-electron chi connectivity index (χ2n) is 7.57. The lowest BCUT2D eigenvalue weighted by atomic mass is 10.1. The van der Waals surface area contributed by atoms with Gasteiger partial charge in [-0.15, -0.1) is 23.2 Å². The van der Waals surface area contributed by atoms with Gasteiger partial charge in [-0.25, -0.2) is 17.6 Å². The number of nitrogens with one attached hydrogen (secondary N) is 2. The van der Waals surface area contributed by atoms with Crippen LogP contribution in [0.5, 0.6) is 0 Å². The van der Waals surface area contributed by atoms with E-state index in [1.807, 2.05) is 0 Å². The zero-order chi connectivity index (χ0) is 25.9. The van der Waals surface area contributed by atoms with Crippen LogP contribution >= 0.6 is 34.8 Å². The number of amides is 2. The average molecular weight is 548 g/mol. The maximum absolute atomic E-state index is 14.3. The first-order chi connectivity index (χ1) is 16.4. The minimum atomic E-state index is -1.47. The first-order valence-electron chi connectivity index (χ1n) is 10.0. The highest BCUT2D eigenvalue weighted by molar-refractivity contribution is 6.53. The standard InChI is InChI=1S/C24H17Cl3F4N2O2/c1-2-17(25)18(29)5-3-4-16-20(24(16,26)27)23(35)33-14-10-15(21(31)19(30)11-14)22(34)32-13-8-6-12(28)7-9-13/h2-3,5-11,16,20H,1,4H2,(H,32,34)(H,33,35)/b5-3-,18-17-. The molecule has 35 heavy (non-hydrogen) atoms. The van der Waals surface area contributed by atoms with Crippen LogP contribution in [0.4, 0.5) is 28.9 Å². The summed E-state index contributed by atoms with van der Waals surface area (Å²) in [5.74, 6) is -7.35. The van der Waals surface area contributed by atoms with Crippen molar-refractivity contribution in [3.05, 3.63) is 95.1 Å². The molecule has 0 aromatic heterocycles. The number of hydrogen-bond acceptors (Lipinski definition) is 2. The highest BCUT2D eigenvalue weighted by Crippen LogP contribution is 2.61. The molecule has 2 unspecified atom stereocenters. The molecular formula is C24H17Cl3F4N2O2. The second-order valence-corrected chi connectivity index (χ2v) is 9.42. The molecule has 2 atom stereocenters. The lowest BCUT2D eigenvalue weighted by molar-refractivity contribution is -0.117. The minimum Gasteiger partial charge on any atom is -0.326 e. The molecule has 1 aliphatic carbocycles. The van der Waals surface area contributed by atoms with E-state index in [0.29, 0.717) is 6.07 Å². The zero-order valence-electron chi connectivity index (χ0n) is 17.7. The molecule has 0 heterocycles. The van der Waals surface area contributed by atoms with Crippen molar-refractivity contribution in [2.75, 3.05) is 10.6 Å². The fourth-order valence-corrected chi connectivity index (χ4v) is 4.18. The Bertz CT molecular complexity index is 1230. The number of allylic oxidation sites excluding steroid dienone is 5. The Hall–Kier alpha value is -2.81. The Morgan fingerprint density at radius 2 is 1.71 bits per heavy atom. The van der Waals surface area contributed by atoms with Crippen molar-refractivity contribution in [1.82, 2.24) is 0 Å². The summed E-state index contributed by atoms with van der Waals surface area (Å²) in [7, 11) is 0. The molecule has 4 nitrogen and oxygen atoms in total. The number of carbonyl (C=O) groups is 2. The normalized spacial score (nSPS) is 19.2. The Morgan fingerprint density at radius 3 is 2.34 bits per heavy atom. The molecule has 0 saturated heterocycles. The van der Waals surface area contributed by atoms with E-state index in [9.17, 15) is 27.2 Å². The van der Waals surface area contributed by atoms with E-state index in [2.05, 4.69) is 17.2 Å². The molecule has 2 amide bonds. The Morgan fingerprint density at radius 1 is 1.06 bits per heavy atom. The zero-order valence-corrected chi connectivity index (χ0v) is 20.0. The van der Waals surface area contributed by atoms with Crippen LogP contribution in [0.3, 0.4) is 0 Å². The van der Waals surface area contributed by atoms with Crippen molar-refractivity contribution in [2.45, 2.75) is 10.8 Å². The first-order valence-corrected chi connectivity index (χ1v) is 11.2. The lowest BCUT2D eigenvalue weighted by Gasteiger charge is -2.10. The van der Waals surface area contributed by atoms with E-state index in [-0.39, 0.29) is 22.8 Å². The number of halogens is 7. The topological polar surface area (TPSA) is 58.2 Å². The highest BCUT2D eigenvalue weighted by atomic mass is 35.5. The molecule has 3 rings (SSSR count). The summed E-state index contributed by atoms with van der Waals surface area (Å²) < 4.78 is 53.6. The van der Waals surface area contributed by atoms with Gasteiger partial charge in [-0.3, -0.25) is 9.59 Å². The molecule has 11 heteroatoms. The second kappa shape index (κ2) is 10.8. The molecule has 1 saturated carbocycles. The molecule has 1 aliphatic rings. The van der Waals surface area contributed by atoms with Crippen molar-refractivity contribution in [3.8, 4) is 0 Å². The first kappa shape index (κ1) is 26.8. The molecule has 184 valence electrons. The lowest BCUT2D eigenvalue weighted by Crippen LogP contribution is -2.19. The number of benzene rings is 2. The van der Waals surface area contributed by atoms with Gasteiger partial charge >= 0.3 is 0 Å². The van der Waals surface area contributed by atoms with Crippen molar-refractivity contribution in [3.63, 3.8) is 0 Å². The van der Waals surface area contributed by atoms with E-state index in [4.69, 9.17) is 34.8 Å². The third kappa shape index (κ3) is 6.25. The van der Waals surface area contributed by atoms with Gasteiger partial charge < -0.3 is 10.6 Å². The number of hydrogen-bond donors (Lipinski definition) is 2. The van der Waals surface area contributed by atoms with Gasteiger partial charge in [-0.05, 0) is 48.9 Å². The maximum Gasteiger partial charge on any atom is 0.258 e. The fraction of sp³-hybridized carbons (Fsp3) is 0.167. The van der Waals surface area contributed by atoms with Crippen LogP contribution in [0.15, 0.2) is 72.1 Å². The van der Waals surface area contributed by atoms with Crippen molar-refractivity contribution in [1.29, 1.82) is 0 Å². The van der Waals surface area contributed by atoms with Gasteiger partial charge in [0, 0.05) is 23.4 Å². The van der Waals surface area contributed by atoms with Crippen LogP contribution in [-0.2, 0) is 4.79 Å². The smallest absolute Gasteiger partial charge is 0.258 e. The number of rotatable bonds is 8. The molecule has 0 radical (unpaired) electrons. The minimum absolute atomic E-state index is 0.128. The van der Waals surface area contributed by atoms with Gasteiger partial charge in [0.1, 0.15) is 16.0 Å². The molecule has 1 fully saturated rings. The number of carbonyl (C=O) groups excluding carboxylic acids is 2. The largest absolute Gasteiger partial charge is 0.326 e. The van der Waals surface area contributed by atoms with Gasteiger partial charge in [0.05, 0.1) is 16.5 Å². The molecule has 2 N–H and O–H groups in total. The monoisotopic (exact) mass is 546 g/mol. The van der Waals surface area contributed by atoms with Gasteiger partial charge in [-0.1, -0.05) is 24.3 Å². The molecule has 2 aromatic carbocycles. The molecule has 2 aromatic rings. The van der Waals surface area contributed by atoms with Crippen LogP contribution in [0, 0.1) is 29.3 Å². The fourth-order valence-electron chi connectivity index (χ4n) is 3.31. The summed E-state index contributed by atoms with van der Waals surface area (Å²) in [6, 6.07) is 6.26. The molecular weight excluding hydrogens is 531 g/mol. The molecule has 0 spiro atoms. The van der Waals surface area contributed by atoms with E-state index in [1.165, 1.54) is 18.2 Å². The third-order valence-corrected chi connectivity index (χ3v) is 6.55. The predicted molar refractivity (Wildman–Crippen MR) is 129 cm³/mol. The highest BCUT2D eigenvalue weighted by Gasteiger charge is 2.66. The maximum atomic E-state index is 14.3. The van der Waals surface area contributed by atoms with Crippen LogP contribution < -0.4 is 10.6 Å². The predicted octanol–water partition coefficient (Wildman–Crippen LogP) is 7.27. The van der Waals surface area contributed by atoms with Crippen molar-refractivity contribution < 1.29 is 27.2 Å². The van der Waals surface area contributed by atoms with Crippen molar-refractivity contribution >= 4 is 58.0 Å². The van der Waals surface area contributed by atoms with E-state index in [1.54, 1.807) is 0 Å². The van der Waals surface area contributed by atoms with Crippen molar-refractivity contribution in [2.24, 2.45) is 11.8 Å². The van der Waals surface area contributed by atoms with Gasteiger partial charge in [0.15, 0.2) is 11.6 Å². The quantitative estimate of drug-likeness (QED) is 0.207. The van der Waals surface area contributed by atoms with Gasteiger partial charge in [0.2, 0.25) is 5.91 Å². The van der Waals surface area contributed by atoms with E-state index < -0.39 is 56.8 Å². The summed E-state index contributed by atoms with van der Waals surface area (Å²) in [4.78, 5) is 25.1. The van der Waals surface area contributed by atoms with Crippen LogP contribution in [0.2, 0.25) is 0 Å². The Labute approximate surface area is 213 Å². The SMILES string of the molecule is C=C/C(Cl)=C(F)\C=C/CC1C(C(=O)Nc2cc(F)c(F)c(C(=O)Nc3ccc(F)cc3)c2)C1(Cl)Cl. The number of anilines is 2. The van der Waals surface area contributed by atoms with E-state index in [0.717, 1.165) is 30.4 Å². The summed E-state index contributed by atoms with van der Waals surface area (Å²) in [5.41, 5.74) is -0.756. The summed E-state index contributed by atoms with van der Waals surface area (Å²) in [6.07, 6.45) is 3.73. The van der Waals surface area contributed by atoms with Crippen LogP contribution in [-0.4, -0.2) is 16.1 Å². The summed E-state index contributed by atoms with van der Waals surface area (Å²) in [6.45, 7) is 3.34. The molecule has 0 aliphatic heterocycles. The average Bonchev–Trinajstić information content (AvgIpc) is 3.36. The van der Waals surface area contributed by atoms with Gasteiger partial charge in [0.25, 0.3) is 5.91 Å². The Kier molecular flexibility index (Phi) is 8.30. The van der Waals surface area contributed by atoms with Gasteiger partial charge in [-0.2, -0.15) is 0 Å². The Balaban J connectivity index is 1.71. The number of alkyl halides is 2. The van der Waals surface area contributed by atoms with Crippen LogP contribution in [0.25, 0.3) is 0 Å². The van der Waals surface area contributed by atoms with Crippen LogP contribution in [0.1, 0.15) is 16.8 Å². The summed E-state index contributed by atoms with van der Waals surface area (Å²) >= 11 is 18.0. The third-order valence-electron chi connectivity index (χ3n) is 5.19.